The number of nitriles is 1. The molecule has 2 aliphatic carbocycles. The number of oxazole rings is 1. The van der Waals surface area contributed by atoms with Crippen LogP contribution in [0.25, 0.3) is 11.3 Å². The van der Waals surface area contributed by atoms with Gasteiger partial charge in [0.05, 0.1) is 11.8 Å². The third-order valence-corrected chi connectivity index (χ3v) is 8.54. The number of hydrogen-bond donors (Lipinski definition) is 1. The summed E-state index contributed by atoms with van der Waals surface area (Å²) in [5.74, 6) is 2.46. The smallest absolute Gasteiger partial charge is 0.225 e. The number of aromatic nitrogens is 1. The van der Waals surface area contributed by atoms with Gasteiger partial charge in [-0.15, -0.1) is 0 Å². The Morgan fingerprint density at radius 2 is 1.92 bits per heavy atom. The highest BCUT2D eigenvalue weighted by Gasteiger charge is 2.48. The van der Waals surface area contributed by atoms with Gasteiger partial charge in [0.25, 0.3) is 0 Å². The second-order valence-corrected chi connectivity index (χ2v) is 12.7. The molecule has 2 heterocycles. The van der Waals surface area contributed by atoms with E-state index in [-0.39, 0.29) is 23.7 Å². The number of carbonyl (C=O) groups excluding carboxylic acids is 1. The Balaban J connectivity index is 1.49. The lowest BCUT2D eigenvalue weighted by Gasteiger charge is -2.32. The van der Waals surface area contributed by atoms with E-state index in [1.807, 2.05) is 11.8 Å². The van der Waals surface area contributed by atoms with Gasteiger partial charge in [-0.2, -0.15) is 17.0 Å². The van der Waals surface area contributed by atoms with Gasteiger partial charge in [0.2, 0.25) is 11.8 Å². The number of nitrogens with zero attached hydrogens (tertiary/aromatic N) is 3. The van der Waals surface area contributed by atoms with Crippen LogP contribution in [-0.4, -0.2) is 47.2 Å². The number of nitrogens with one attached hydrogen (secondary N) is 1. The molecule has 1 aromatic heterocycles. The maximum absolute atomic E-state index is 14.6. The van der Waals surface area contributed by atoms with Crippen LogP contribution in [0.5, 0.6) is 0 Å². The first-order valence-corrected chi connectivity index (χ1v) is 14.2. The molecule has 6 nitrogen and oxygen atoms in total. The highest BCUT2D eigenvalue weighted by molar-refractivity contribution is 7.99. The van der Waals surface area contributed by atoms with Gasteiger partial charge >= 0.3 is 0 Å². The fourth-order valence-corrected chi connectivity index (χ4v) is 6.11. The van der Waals surface area contributed by atoms with Gasteiger partial charge in [0.1, 0.15) is 11.7 Å². The van der Waals surface area contributed by atoms with Crippen LogP contribution in [0.15, 0.2) is 28.7 Å². The Morgan fingerprint density at radius 1 is 1.22 bits per heavy atom. The summed E-state index contributed by atoms with van der Waals surface area (Å²) in [6.07, 6.45) is 1.32. The summed E-state index contributed by atoms with van der Waals surface area (Å²) in [6, 6.07) is 10.6. The minimum absolute atomic E-state index is 0.140. The molecule has 3 aliphatic rings. The number of hydrogen-bond acceptors (Lipinski definition) is 6. The first-order valence-electron chi connectivity index (χ1n) is 13.0. The Morgan fingerprint density at radius 3 is 2.53 bits per heavy atom. The maximum Gasteiger partial charge on any atom is 0.225 e. The lowest BCUT2D eigenvalue weighted by atomic mass is 9.75. The molecule has 192 valence electrons. The quantitative estimate of drug-likeness (QED) is 0.565. The van der Waals surface area contributed by atoms with Crippen LogP contribution in [-0.2, 0) is 10.2 Å². The van der Waals surface area contributed by atoms with E-state index < -0.39 is 17.6 Å². The largest absolute Gasteiger partial charge is 0.440 e. The minimum atomic E-state index is -1.03. The molecule has 1 saturated heterocycles. The molecule has 3 fully saturated rings. The van der Waals surface area contributed by atoms with Crippen LogP contribution in [0.2, 0.25) is 0 Å². The fourth-order valence-electron chi connectivity index (χ4n) is 5.21. The summed E-state index contributed by atoms with van der Waals surface area (Å²) in [7, 11) is 0. The van der Waals surface area contributed by atoms with Crippen molar-refractivity contribution in [2.24, 2.45) is 5.92 Å². The van der Waals surface area contributed by atoms with Gasteiger partial charge in [0.15, 0.2) is 5.76 Å². The average molecular weight is 511 g/mol. The van der Waals surface area contributed by atoms with Crippen molar-refractivity contribution in [1.82, 2.24) is 10.3 Å². The van der Waals surface area contributed by atoms with Gasteiger partial charge in [-0.3, -0.25) is 4.79 Å². The molecule has 1 N–H and O–H groups in total. The predicted octanol–water partition coefficient (Wildman–Crippen LogP) is 5.59. The van der Waals surface area contributed by atoms with Gasteiger partial charge in [-0.05, 0) is 56.4 Å². The van der Waals surface area contributed by atoms with E-state index in [0.717, 1.165) is 35.9 Å². The van der Waals surface area contributed by atoms with Crippen LogP contribution in [0.4, 0.5) is 10.1 Å². The molecule has 0 radical (unpaired) electrons. The minimum Gasteiger partial charge on any atom is -0.440 e. The number of anilines is 1. The van der Waals surface area contributed by atoms with Crippen molar-refractivity contribution in [1.29, 1.82) is 5.26 Å². The highest BCUT2D eigenvalue weighted by Crippen LogP contribution is 2.45. The van der Waals surface area contributed by atoms with Crippen LogP contribution >= 0.6 is 11.8 Å². The van der Waals surface area contributed by atoms with E-state index in [4.69, 9.17) is 9.40 Å². The van der Waals surface area contributed by atoms with Crippen molar-refractivity contribution in [2.75, 3.05) is 29.5 Å². The van der Waals surface area contributed by atoms with Crippen LogP contribution < -0.4 is 10.2 Å². The Labute approximate surface area is 217 Å². The number of amides is 1. The third-order valence-electron chi connectivity index (χ3n) is 7.60. The van der Waals surface area contributed by atoms with Gasteiger partial charge < -0.3 is 14.6 Å². The maximum atomic E-state index is 14.6. The predicted molar refractivity (Wildman–Crippen MR) is 141 cm³/mol. The average Bonchev–Trinajstić information content (AvgIpc) is 3.49. The monoisotopic (exact) mass is 510 g/mol. The van der Waals surface area contributed by atoms with E-state index in [2.05, 4.69) is 61.3 Å². The molecule has 5 rings (SSSR count). The summed E-state index contributed by atoms with van der Waals surface area (Å²) >= 11 is 1.99. The summed E-state index contributed by atoms with van der Waals surface area (Å²) < 4.78 is 20.9. The molecule has 1 amide bonds. The molecule has 2 aromatic rings. The molecule has 1 aromatic carbocycles. The summed E-state index contributed by atoms with van der Waals surface area (Å²) in [5.41, 5.74) is 1.75. The number of halogens is 1. The number of benzene rings is 1. The number of carbonyl (C=O) groups is 1. The van der Waals surface area contributed by atoms with E-state index in [1.54, 1.807) is 0 Å². The molecule has 3 atom stereocenters. The molecule has 0 bridgehead atoms. The second kappa shape index (κ2) is 9.74. The third kappa shape index (κ3) is 5.13. The van der Waals surface area contributed by atoms with Gasteiger partial charge in [-0.1, -0.05) is 20.8 Å². The molecule has 1 aliphatic heterocycles. The van der Waals surface area contributed by atoms with Crippen molar-refractivity contribution in [3.05, 3.63) is 35.9 Å². The summed E-state index contributed by atoms with van der Waals surface area (Å²) in [5, 5.41) is 12.4. The van der Waals surface area contributed by atoms with Crippen LogP contribution in [0.1, 0.15) is 70.4 Å². The standard InChI is InChI=1S/C28H35FN4O2S/c1-27(2,3)26-31-23(21-9-6-19(29)16-22(21)25(34)32-28(17-30)10-11-28)24(35-26)18-4-7-20(8-5-18)33-12-14-36-15-13-33/h4-5,7-8,19,21-22H,6,9-16H2,1-3H3,(H,32,34)/t19-,21+,22?/m0/s1. The van der Waals surface area contributed by atoms with Crippen LogP contribution in [0, 0.1) is 17.2 Å². The van der Waals surface area contributed by atoms with E-state index >= 15 is 0 Å². The first kappa shape index (κ1) is 25.1. The molecule has 2 saturated carbocycles. The van der Waals surface area contributed by atoms with Crippen molar-refractivity contribution < 1.29 is 13.6 Å². The first-order chi connectivity index (χ1) is 17.2. The Bertz CT molecular complexity index is 1140. The lowest BCUT2D eigenvalue weighted by molar-refractivity contribution is -0.128. The summed E-state index contributed by atoms with van der Waals surface area (Å²) in [6.45, 7) is 8.24. The van der Waals surface area contributed by atoms with Crippen LogP contribution in [0.3, 0.4) is 0 Å². The fraction of sp³-hybridized carbons (Fsp3) is 0.607. The molecule has 1 unspecified atom stereocenters. The molecular weight excluding hydrogens is 475 g/mol. The normalized spacial score (nSPS) is 25.8. The molecule has 8 heteroatoms. The van der Waals surface area contributed by atoms with Gasteiger partial charge in [0, 0.05) is 53.1 Å². The van der Waals surface area contributed by atoms with Crippen molar-refractivity contribution >= 4 is 23.4 Å². The number of thioether (sulfide) groups is 1. The Kier molecular flexibility index (Phi) is 6.80. The highest BCUT2D eigenvalue weighted by atomic mass is 32.2. The second-order valence-electron chi connectivity index (χ2n) is 11.4. The Hall–Kier alpha value is -2.53. The van der Waals surface area contributed by atoms with Crippen molar-refractivity contribution in [2.45, 2.75) is 75.9 Å². The SMILES string of the molecule is CC(C)(C)c1nc([C@@H]2CC[C@H](F)CC2C(=O)NC2(C#N)CC2)c(-c2ccc(N3CCSCC3)cc2)o1. The van der Waals surface area contributed by atoms with Gasteiger partial charge in [-0.25, -0.2) is 9.37 Å². The van der Waals surface area contributed by atoms with E-state index in [0.29, 0.717) is 37.3 Å². The lowest BCUT2D eigenvalue weighted by Crippen LogP contribution is -2.44. The van der Waals surface area contributed by atoms with E-state index in [9.17, 15) is 14.4 Å². The van der Waals surface area contributed by atoms with Crippen molar-refractivity contribution in [3.8, 4) is 17.4 Å². The molecule has 36 heavy (non-hydrogen) atoms. The zero-order valence-corrected chi connectivity index (χ0v) is 22.2. The molecule has 0 spiro atoms. The topological polar surface area (TPSA) is 82.2 Å². The zero-order valence-electron chi connectivity index (χ0n) is 21.3. The number of alkyl halides is 1. The zero-order chi connectivity index (χ0) is 25.5. The van der Waals surface area contributed by atoms with Crippen molar-refractivity contribution in [3.63, 3.8) is 0 Å². The number of rotatable bonds is 5. The summed E-state index contributed by atoms with van der Waals surface area (Å²) in [4.78, 5) is 20.7. The van der Waals surface area contributed by atoms with E-state index in [1.165, 1.54) is 5.69 Å². The molecular formula is C28H35FN4O2S.